The van der Waals surface area contributed by atoms with E-state index in [1.54, 1.807) is 0 Å². The summed E-state index contributed by atoms with van der Waals surface area (Å²) in [4.78, 5) is 9.90. The van der Waals surface area contributed by atoms with Crippen molar-refractivity contribution < 1.29 is 19.5 Å². The highest BCUT2D eigenvalue weighted by molar-refractivity contribution is 6.49. The number of fused-ring (bicyclic) bond motifs is 1. The average molecular weight is 292 g/mol. The first-order valence-corrected chi connectivity index (χ1v) is 6.73. The van der Waals surface area contributed by atoms with Gasteiger partial charge in [-0.2, -0.15) is 0 Å². The van der Waals surface area contributed by atoms with Crippen molar-refractivity contribution in [2.45, 2.75) is 27.7 Å². The molecule has 1 aliphatic heterocycles. The van der Waals surface area contributed by atoms with Gasteiger partial charge in [-0.1, -0.05) is 5.16 Å². The normalized spacial score (nSPS) is 17.0. The number of aliphatic hydroxyl groups excluding tert-OH is 1. The molecular weight excluding hydrogens is 272 g/mol. The van der Waals surface area contributed by atoms with Crippen LogP contribution < -0.4 is 4.74 Å². The van der Waals surface area contributed by atoms with Crippen LogP contribution in [0.25, 0.3) is 0 Å². The maximum atomic E-state index is 8.75. The van der Waals surface area contributed by atoms with Crippen molar-refractivity contribution in [3.8, 4) is 5.75 Å². The lowest BCUT2D eigenvalue weighted by Gasteiger charge is -2.13. The molecule has 1 heterocycles. The van der Waals surface area contributed by atoms with Crippen molar-refractivity contribution in [2.24, 2.45) is 10.3 Å². The third-order valence-electron chi connectivity index (χ3n) is 3.78. The Bertz CT molecular complexity index is 621. The number of hydrogen-bond acceptors (Lipinski definition) is 6. The molecule has 1 N–H and O–H groups in total. The van der Waals surface area contributed by atoms with Crippen molar-refractivity contribution in [1.29, 1.82) is 0 Å². The van der Waals surface area contributed by atoms with Gasteiger partial charge < -0.3 is 19.5 Å². The van der Waals surface area contributed by atoms with Crippen LogP contribution >= 0.6 is 0 Å². The lowest BCUT2D eigenvalue weighted by Crippen LogP contribution is -2.15. The lowest BCUT2D eigenvalue weighted by atomic mass is 9.92. The van der Waals surface area contributed by atoms with Gasteiger partial charge >= 0.3 is 0 Å². The molecule has 0 aromatic heterocycles. The summed E-state index contributed by atoms with van der Waals surface area (Å²) >= 11 is 0. The minimum absolute atomic E-state index is 0.0967. The van der Waals surface area contributed by atoms with Crippen molar-refractivity contribution in [3.05, 3.63) is 27.8 Å². The molecule has 0 aliphatic carbocycles. The number of hydrogen-bond donors (Lipinski definition) is 1. The summed E-state index contributed by atoms with van der Waals surface area (Å²) in [6.45, 7) is 8.14. The fourth-order valence-corrected chi connectivity index (χ4v) is 2.33. The van der Waals surface area contributed by atoms with Crippen LogP contribution in [-0.2, 0) is 9.68 Å². The Hall–Kier alpha value is -2.08. The molecule has 2 rings (SSSR count). The summed E-state index contributed by atoms with van der Waals surface area (Å²) in [5.41, 5.74) is 5.88. The molecule has 0 fully saturated rings. The SMILES string of the molecule is CON=C1C(=NOCCO)Oc2c(C)c(C)c(C)c(C)c21. The summed E-state index contributed by atoms with van der Waals surface area (Å²) in [5, 5.41) is 16.7. The van der Waals surface area contributed by atoms with Crippen LogP contribution in [-0.4, -0.2) is 37.0 Å². The maximum absolute atomic E-state index is 8.75. The molecular formula is C15H20N2O4. The van der Waals surface area contributed by atoms with Crippen LogP contribution in [0.1, 0.15) is 27.8 Å². The van der Waals surface area contributed by atoms with E-state index in [4.69, 9.17) is 19.5 Å². The second-order valence-corrected chi connectivity index (χ2v) is 4.88. The molecule has 0 saturated carbocycles. The molecule has 114 valence electrons. The number of benzene rings is 1. The molecule has 1 aliphatic rings. The van der Waals surface area contributed by atoms with Gasteiger partial charge in [0.25, 0.3) is 5.90 Å². The number of nitrogens with zero attached hydrogens (tertiary/aromatic N) is 2. The van der Waals surface area contributed by atoms with E-state index in [1.807, 2.05) is 13.8 Å². The van der Waals surface area contributed by atoms with E-state index < -0.39 is 0 Å². The molecule has 0 radical (unpaired) electrons. The standard InChI is InChI=1S/C15H20N2O4/c1-8-9(2)11(4)14-12(10(8)3)13(16-19-5)15(21-14)17-20-7-6-18/h18H,6-7H2,1-5H3. The fourth-order valence-electron chi connectivity index (χ4n) is 2.33. The van der Waals surface area contributed by atoms with E-state index in [2.05, 4.69) is 24.2 Å². The molecule has 6 nitrogen and oxygen atoms in total. The zero-order chi connectivity index (χ0) is 15.6. The summed E-state index contributed by atoms with van der Waals surface area (Å²) in [6.07, 6.45) is 0. The van der Waals surface area contributed by atoms with Crippen LogP contribution in [0.15, 0.2) is 10.3 Å². The Morgan fingerprint density at radius 3 is 2.29 bits per heavy atom. The predicted octanol–water partition coefficient (Wildman–Crippen LogP) is 1.99. The topological polar surface area (TPSA) is 72.6 Å². The lowest BCUT2D eigenvalue weighted by molar-refractivity contribution is 0.0960. The first-order chi connectivity index (χ1) is 10.0. The molecule has 0 saturated heterocycles. The van der Waals surface area contributed by atoms with Gasteiger partial charge in [-0.25, -0.2) is 0 Å². The van der Waals surface area contributed by atoms with Gasteiger partial charge in [0.05, 0.1) is 12.2 Å². The second kappa shape index (κ2) is 6.13. The average Bonchev–Trinajstić information content (AvgIpc) is 2.83. The zero-order valence-corrected chi connectivity index (χ0v) is 13.0. The Balaban J connectivity index is 2.57. The first-order valence-electron chi connectivity index (χ1n) is 6.73. The zero-order valence-electron chi connectivity index (χ0n) is 13.0. The van der Waals surface area contributed by atoms with E-state index in [9.17, 15) is 0 Å². The second-order valence-electron chi connectivity index (χ2n) is 4.88. The minimum Gasteiger partial charge on any atom is -0.434 e. The van der Waals surface area contributed by atoms with Crippen molar-refractivity contribution in [2.75, 3.05) is 20.3 Å². The van der Waals surface area contributed by atoms with E-state index >= 15 is 0 Å². The highest BCUT2D eigenvalue weighted by Gasteiger charge is 2.33. The molecule has 21 heavy (non-hydrogen) atoms. The van der Waals surface area contributed by atoms with Gasteiger partial charge in [-0.05, 0) is 55.1 Å². The van der Waals surface area contributed by atoms with Gasteiger partial charge in [-0.15, -0.1) is 0 Å². The van der Waals surface area contributed by atoms with E-state index in [-0.39, 0.29) is 19.1 Å². The van der Waals surface area contributed by atoms with Crippen LogP contribution in [0.3, 0.4) is 0 Å². The highest BCUT2D eigenvalue weighted by Crippen LogP contribution is 2.37. The molecule has 1 aromatic carbocycles. The molecule has 0 unspecified atom stereocenters. The summed E-state index contributed by atoms with van der Waals surface area (Å²) in [7, 11) is 1.47. The van der Waals surface area contributed by atoms with E-state index in [1.165, 1.54) is 18.2 Å². The monoisotopic (exact) mass is 292 g/mol. The van der Waals surface area contributed by atoms with Gasteiger partial charge in [0, 0.05) is 0 Å². The highest BCUT2D eigenvalue weighted by atomic mass is 16.7. The molecule has 0 atom stereocenters. The molecule has 6 heteroatoms. The Kier molecular flexibility index (Phi) is 4.47. The van der Waals surface area contributed by atoms with Gasteiger partial charge in [0.15, 0.2) is 5.71 Å². The third kappa shape index (κ3) is 2.58. The van der Waals surface area contributed by atoms with Crippen molar-refractivity contribution in [3.63, 3.8) is 0 Å². The fraction of sp³-hybridized carbons (Fsp3) is 0.467. The van der Waals surface area contributed by atoms with Gasteiger partial charge in [0.2, 0.25) is 0 Å². The smallest absolute Gasteiger partial charge is 0.286 e. The molecule has 0 amide bonds. The van der Waals surface area contributed by atoms with E-state index in [0.29, 0.717) is 5.71 Å². The Morgan fingerprint density at radius 2 is 1.67 bits per heavy atom. The summed E-state index contributed by atoms with van der Waals surface area (Å²) in [6, 6.07) is 0. The summed E-state index contributed by atoms with van der Waals surface area (Å²) < 4.78 is 5.80. The van der Waals surface area contributed by atoms with E-state index in [0.717, 1.165) is 22.4 Å². The number of oxime groups is 2. The molecule has 0 spiro atoms. The van der Waals surface area contributed by atoms with Crippen LogP contribution in [0.2, 0.25) is 0 Å². The van der Waals surface area contributed by atoms with Crippen LogP contribution in [0.5, 0.6) is 5.75 Å². The maximum Gasteiger partial charge on any atom is 0.286 e. The van der Waals surface area contributed by atoms with Crippen LogP contribution in [0, 0.1) is 27.7 Å². The van der Waals surface area contributed by atoms with Gasteiger partial charge in [0.1, 0.15) is 19.5 Å². The quantitative estimate of drug-likeness (QED) is 0.680. The third-order valence-corrected chi connectivity index (χ3v) is 3.78. The van der Waals surface area contributed by atoms with Crippen LogP contribution in [0.4, 0.5) is 0 Å². The number of ether oxygens (including phenoxy) is 1. The van der Waals surface area contributed by atoms with Crippen molar-refractivity contribution >= 4 is 11.6 Å². The largest absolute Gasteiger partial charge is 0.434 e. The Labute approximate surface area is 124 Å². The number of rotatable bonds is 4. The predicted molar refractivity (Wildman–Crippen MR) is 80.0 cm³/mol. The Morgan fingerprint density at radius 1 is 1.00 bits per heavy atom. The minimum atomic E-state index is -0.114. The molecule has 0 bridgehead atoms. The number of aliphatic hydroxyl groups is 1. The summed E-state index contributed by atoms with van der Waals surface area (Å²) in [5.74, 6) is 0.981. The first kappa shape index (κ1) is 15.3. The van der Waals surface area contributed by atoms with Gasteiger partial charge in [-0.3, -0.25) is 0 Å². The molecule has 1 aromatic rings. The van der Waals surface area contributed by atoms with Crippen molar-refractivity contribution in [1.82, 2.24) is 0 Å².